The number of para-hydroxylation sites is 2. The Hall–Kier alpha value is -2.69. The zero-order valence-corrected chi connectivity index (χ0v) is 13.9. The predicted octanol–water partition coefficient (Wildman–Crippen LogP) is 5.49. The molecular weight excluding hydrogens is 304 g/mol. The molecule has 126 valence electrons. The lowest BCUT2D eigenvalue weighted by Gasteiger charge is -2.06. The third-order valence-corrected chi connectivity index (χ3v) is 3.50. The molecule has 0 amide bonds. The van der Waals surface area contributed by atoms with Crippen LogP contribution in [0.15, 0.2) is 59.7 Å². The SMILES string of the molecule is CCCCCCC(=O)Oc1ccccc1N=[N+]([O-])c1ccccc1. The minimum absolute atomic E-state index is 0.300. The zero-order chi connectivity index (χ0) is 17.2. The highest BCUT2D eigenvalue weighted by Gasteiger charge is 2.12. The van der Waals surface area contributed by atoms with Gasteiger partial charge in [0.1, 0.15) is 0 Å². The molecular formula is C19H22N2O3. The van der Waals surface area contributed by atoms with Crippen molar-refractivity contribution in [2.75, 3.05) is 0 Å². The van der Waals surface area contributed by atoms with Crippen molar-refractivity contribution in [1.82, 2.24) is 0 Å². The number of esters is 1. The van der Waals surface area contributed by atoms with Gasteiger partial charge < -0.3 is 9.94 Å². The Kier molecular flexibility index (Phi) is 6.95. The van der Waals surface area contributed by atoms with E-state index >= 15 is 0 Å². The summed E-state index contributed by atoms with van der Waals surface area (Å²) in [7, 11) is 0. The maximum absolute atomic E-state index is 12.1. The first kappa shape index (κ1) is 17.7. The number of hydrogen-bond acceptors (Lipinski definition) is 4. The lowest BCUT2D eigenvalue weighted by molar-refractivity contribution is -0.435. The number of unbranched alkanes of at least 4 members (excludes halogenated alkanes) is 3. The highest BCUT2D eigenvalue weighted by Crippen LogP contribution is 2.28. The highest BCUT2D eigenvalue weighted by atomic mass is 16.5. The molecule has 0 fully saturated rings. The quantitative estimate of drug-likeness (QED) is 0.161. The average Bonchev–Trinajstić information content (AvgIpc) is 2.61. The molecule has 0 radical (unpaired) electrons. The van der Waals surface area contributed by atoms with Crippen molar-refractivity contribution in [1.29, 1.82) is 0 Å². The summed E-state index contributed by atoms with van der Waals surface area (Å²) in [5.74, 6) is 0.000635. The Morgan fingerprint density at radius 1 is 1.04 bits per heavy atom. The summed E-state index contributed by atoms with van der Waals surface area (Å²) in [4.78, 5) is 12.4. The summed E-state index contributed by atoms with van der Waals surface area (Å²) in [5, 5.41) is 16.1. The van der Waals surface area contributed by atoms with Crippen molar-refractivity contribution in [2.24, 2.45) is 5.11 Å². The molecule has 2 aromatic rings. The molecule has 0 bridgehead atoms. The molecule has 0 aliphatic rings. The number of ether oxygens (including phenoxy) is 1. The predicted molar refractivity (Wildman–Crippen MR) is 92.7 cm³/mol. The number of carbonyl (C=O) groups is 1. The van der Waals surface area contributed by atoms with Gasteiger partial charge >= 0.3 is 5.97 Å². The number of rotatable bonds is 8. The largest absolute Gasteiger partial charge is 0.594 e. The fourth-order valence-electron chi connectivity index (χ4n) is 2.21. The van der Waals surface area contributed by atoms with Crippen molar-refractivity contribution < 1.29 is 14.4 Å². The number of carbonyl (C=O) groups excluding carboxylic acids is 1. The van der Waals surface area contributed by atoms with E-state index in [0.29, 0.717) is 28.4 Å². The lowest BCUT2D eigenvalue weighted by atomic mass is 10.1. The molecule has 0 unspecified atom stereocenters. The zero-order valence-electron chi connectivity index (χ0n) is 13.9. The van der Waals surface area contributed by atoms with Crippen LogP contribution in [0.1, 0.15) is 39.0 Å². The molecule has 0 saturated heterocycles. The molecule has 0 N–H and O–H groups in total. The Morgan fingerprint density at radius 3 is 2.50 bits per heavy atom. The second-order valence-corrected chi connectivity index (χ2v) is 5.46. The van der Waals surface area contributed by atoms with Crippen molar-refractivity contribution in [3.63, 3.8) is 0 Å². The summed E-state index contributed by atoms with van der Waals surface area (Å²) < 4.78 is 5.36. The number of hydrogen-bond donors (Lipinski definition) is 0. The van der Waals surface area contributed by atoms with Gasteiger partial charge in [-0.25, -0.2) is 0 Å². The molecule has 0 aromatic heterocycles. The normalized spacial score (nSPS) is 11.3. The van der Waals surface area contributed by atoms with Crippen LogP contribution in [0.2, 0.25) is 0 Å². The van der Waals surface area contributed by atoms with Crippen LogP contribution in [0.4, 0.5) is 11.4 Å². The maximum atomic E-state index is 12.1. The Morgan fingerprint density at radius 2 is 1.75 bits per heavy atom. The average molecular weight is 326 g/mol. The van der Waals surface area contributed by atoms with Crippen LogP contribution in [0, 0.1) is 5.21 Å². The molecule has 24 heavy (non-hydrogen) atoms. The van der Waals surface area contributed by atoms with Gasteiger partial charge in [-0.15, -0.1) is 0 Å². The van der Waals surface area contributed by atoms with E-state index in [1.54, 1.807) is 48.5 Å². The van der Waals surface area contributed by atoms with Crippen LogP contribution >= 0.6 is 0 Å². The summed E-state index contributed by atoms with van der Waals surface area (Å²) >= 11 is 0. The topological polar surface area (TPSA) is 64.7 Å². The van der Waals surface area contributed by atoms with Gasteiger partial charge in [0.2, 0.25) is 5.69 Å². The Bertz CT molecular complexity index is 684. The van der Waals surface area contributed by atoms with Gasteiger partial charge in [-0.3, -0.25) is 4.79 Å². The van der Waals surface area contributed by atoms with Crippen molar-refractivity contribution in [3.8, 4) is 5.75 Å². The van der Waals surface area contributed by atoms with Crippen LogP contribution in [0.5, 0.6) is 5.75 Å². The fourth-order valence-corrected chi connectivity index (χ4v) is 2.21. The summed E-state index contributed by atoms with van der Waals surface area (Å²) in [5.41, 5.74) is 0.747. The third kappa shape index (κ3) is 5.50. The highest BCUT2D eigenvalue weighted by molar-refractivity contribution is 5.74. The standard InChI is InChI=1S/C19H22N2O3/c1-2-3-4-8-15-19(22)24-18-14-10-9-13-17(18)20-21(23)16-11-6-5-7-12-16/h5-7,9-14H,2-4,8,15H2,1H3. The molecule has 0 aliphatic heterocycles. The number of benzene rings is 2. The van der Waals surface area contributed by atoms with Gasteiger partial charge in [-0.1, -0.05) is 56.5 Å². The van der Waals surface area contributed by atoms with E-state index in [2.05, 4.69) is 12.0 Å². The van der Waals surface area contributed by atoms with Gasteiger partial charge in [0, 0.05) is 23.7 Å². The van der Waals surface area contributed by atoms with Crippen molar-refractivity contribution in [2.45, 2.75) is 39.0 Å². The Balaban J connectivity index is 2.06. The number of nitrogens with zero attached hydrogens (tertiary/aromatic N) is 2. The van der Waals surface area contributed by atoms with E-state index in [4.69, 9.17) is 4.74 Å². The first-order valence-electron chi connectivity index (χ1n) is 8.24. The van der Waals surface area contributed by atoms with Gasteiger partial charge in [-0.05, 0) is 23.4 Å². The molecule has 0 spiro atoms. The molecule has 0 aliphatic carbocycles. The van der Waals surface area contributed by atoms with Crippen molar-refractivity contribution in [3.05, 3.63) is 59.8 Å². The van der Waals surface area contributed by atoms with E-state index in [0.717, 1.165) is 25.7 Å². The van der Waals surface area contributed by atoms with Gasteiger partial charge in [-0.2, -0.15) is 0 Å². The fraction of sp³-hybridized carbons (Fsp3) is 0.316. The summed E-state index contributed by atoms with van der Waals surface area (Å²) in [6.45, 7) is 2.12. The number of azo groups is 1. The second-order valence-electron chi connectivity index (χ2n) is 5.46. The van der Waals surface area contributed by atoms with Crippen LogP contribution in [0.25, 0.3) is 0 Å². The molecule has 5 nitrogen and oxygen atoms in total. The van der Waals surface area contributed by atoms with Gasteiger partial charge in [0.05, 0.1) is 0 Å². The first-order valence-corrected chi connectivity index (χ1v) is 8.24. The van der Waals surface area contributed by atoms with E-state index in [-0.39, 0.29) is 5.97 Å². The summed E-state index contributed by atoms with van der Waals surface area (Å²) in [6, 6.07) is 15.5. The van der Waals surface area contributed by atoms with E-state index in [9.17, 15) is 10.0 Å². The van der Waals surface area contributed by atoms with Crippen molar-refractivity contribution >= 4 is 17.3 Å². The minimum Gasteiger partial charge on any atom is -0.594 e. The molecule has 0 atom stereocenters. The molecule has 2 rings (SSSR count). The monoisotopic (exact) mass is 326 g/mol. The molecule has 0 heterocycles. The molecule has 2 aromatic carbocycles. The Labute approximate surface area is 142 Å². The van der Waals surface area contributed by atoms with Gasteiger partial charge in [0.25, 0.3) is 0 Å². The van der Waals surface area contributed by atoms with E-state index in [1.807, 2.05) is 6.07 Å². The molecule has 0 saturated carbocycles. The smallest absolute Gasteiger partial charge is 0.311 e. The van der Waals surface area contributed by atoms with E-state index < -0.39 is 0 Å². The van der Waals surface area contributed by atoms with E-state index in [1.165, 1.54) is 0 Å². The lowest BCUT2D eigenvalue weighted by Crippen LogP contribution is -2.07. The van der Waals surface area contributed by atoms with Gasteiger partial charge in [0.15, 0.2) is 11.4 Å². The third-order valence-electron chi connectivity index (χ3n) is 3.50. The van der Waals surface area contributed by atoms with Crippen LogP contribution in [0.3, 0.4) is 0 Å². The summed E-state index contributed by atoms with van der Waals surface area (Å²) in [6.07, 6.45) is 4.43. The van der Waals surface area contributed by atoms with Crippen LogP contribution in [-0.4, -0.2) is 10.8 Å². The first-order chi connectivity index (χ1) is 11.7. The molecule has 5 heteroatoms. The minimum atomic E-state index is -0.300. The van der Waals surface area contributed by atoms with Crippen LogP contribution < -0.4 is 4.74 Å². The maximum Gasteiger partial charge on any atom is 0.311 e. The second kappa shape index (κ2) is 9.45. The van der Waals surface area contributed by atoms with Crippen LogP contribution in [-0.2, 0) is 4.79 Å².